The smallest absolute Gasteiger partial charge is 0.228 e. The van der Waals surface area contributed by atoms with Crippen molar-refractivity contribution in [2.45, 2.75) is 31.6 Å². The van der Waals surface area contributed by atoms with Crippen LogP contribution < -0.4 is 4.74 Å². The first-order valence-electron chi connectivity index (χ1n) is 6.30. The fraction of sp³-hybridized carbons (Fsp3) is 0.462. The molecule has 0 aliphatic carbocycles. The lowest BCUT2D eigenvalue weighted by atomic mass is 10.1. The van der Waals surface area contributed by atoms with Gasteiger partial charge in [0.05, 0.1) is 10.8 Å². The lowest BCUT2D eigenvalue weighted by Gasteiger charge is -2.14. The number of oxime groups is 1. The zero-order valence-electron chi connectivity index (χ0n) is 11.9. The zero-order valence-corrected chi connectivity index (χ0v) is 13.5. The molecular formula is C13H14ClF2NO4S. The lowest BCUT2D eigenvalue weighted by Crippen LogP contribution is -2.23. The second-order valence-electron chi connectivity index (χ2n) is 5.36. The van der Waals surface area contributed by atoms with E-state index in [1.807, 2.05) is 0 Å². The number of halogens is 3. The molecule has 0 atom stereocenters. The highest BCUT2D eigenvalue weighted by atomic mass is 35.5. The highest BCUT2D eigenvalue weighted by Crippen LogP contribution is 2.32. The van der Waals surface area contributed by atoms with Gasteiger partial charge in [-0.25, -0.2) is 17.2 Å². The molecule has 1 aromatic carbocycles. The van der Waals surface area contributed by atoms with Gasteiger partial charge in [0, 0.05) is 12.0 Å². The molecule has 0 amide bonds. The molecule has 1 aliphatic heterocycles. The van der Waals surface area contributed by atoms with E-state index in [1.54, 1.807) is 13.8 Å². The van der Waals surface area contributed by atoms with Crippen LogP contribution in [0.15, 0.2) is 17.3 Å². The summed E-state index contributed by atoms with van der Waals surface area (Å²) in [7, 11) is -3.94. The molecule has 0 fully saturated rings. The summed E-state index contributed by atoms with van der Waals surface area (Å²) in [6.45, 7) is 2.14. The Morgan fingerprint density at radius 2 is 2.14 bits per heavy atom. The molecule has 9 heteroatoms. The molecule has 0 radical (unpaired) electrons. The predicted octanol–water partition coefficient (Wildman–Crippen LogP) is 3.21. The Morgan fingerprint density at radius 3 is 2.68 bits per heavy atom. The zero-order chi connectivity index (χ0) is 16.5. The van der Waals surface area contributed by atoms with Gasteiger partial charge in [0.1, 0.15) is 17.2 Å². The second-order valence-corrected chi connectivity index (χ2v) is 7.76. The normalized spacial score (nSPS) is 17.0. The van der Waals surface area contributed by atoms with E-state index in [4.69, 9.17) is 16.4 Å². The van der Waals surface area contributed by atoms with Crippen LogP contribution in [-0.2, 0) is 20.4 Å². The summed E-state index contributed by atoms with van der Waals surface area (Å²) in [5.74, 6) is -1.92. The summed E-state index contributed by atoms with van der Waals surface area (Å²) in [6, 6.07) is 2.38. The maximum absolute atomic E-state index is 14.1. The van der Waals surface area contributed by atoms with Gasteiger partial charge in [0.25, 0.3) is 0 Å². The van der Waals surface area contributed by atoms with Crippen molar-refractivity contribution < 1.29 is 26.8 Å². The van der Waals surface area contributed by atoms with Crippen LogP contribution in [0.1, 0.15) is 25.8 Å². The number of sulfone groups is 1. The molecule has 0 bridgehead atoms. The third-order valence-corrected chi connectivity index (χ3v) is 4.93. The molecule has 2 rings (SSSR count). The fourth-order valence-electron chi connectivity index (χ4n) is 1.95. The van der Waals surface area contributed by atoms with Gasteiger partial charge >= 0.3 is 0 Å². The molecule has 122 valence electrons. The maximum Gasteiger partial charge on any atom is 0.228 e. The van der Waals surface area contributed by atoms with Gasteiger partial charge in [-0.1, -0.05) is 16.8 Å². The van der Waals surface area contributed by atoms with Crippen LogP contribution in [0.3, 0.4) is 0 Å². The Kier molecular flexibility index (Phi) is 4.62. The molecule has 1 heterocycles. The minimum Gasteiger partial charge on any atom is -0.462 e. The topological polar surface area (TPSA) is 65.0 Å². The number of rotatable bonds is 4. The van der Waals surface area contributed by atoms with Crippen LogP contribution in [-0.4, -0.2) is 25.9 Å². The molecule has 1 aromatic rings. The minimum atomic E-state index is -3.94. The Balaban J connectivity index is 2.36. The van der Waals surface area contributed by atoms with Crippen LogP contribution in [0.5, 0.6) is 5.75 Å². The summed E-state index contributed by atoms with van der Waals surface area (Å²) in [4.78, 5) is 5.01. The summed E-state index contributed by atoms with van der Waals surface area (Å²) in [5.41, 5.74) is -1.08. The van der Waals surface area contributed by atoms with Gasteiger partial charge in [0.2, 0.25) is 6.86 Å². The molecule has 0 unspecified atom stereocenters. The van der Waals surface area contributed by atoms with Gasteiger partial charge in [0.15, 0.2) is 14.9 Å². The Labute approximate surface area is 131 Å². The Bertz CT molecular complexity index is 719. The van der Waals surface area contributed by atoms with E-state index in [2.05, 4.69) is 9.89 Å². The van der Waals surface area contributed by atoms with Crippen molar-refractivity contribution in [3.05, 3.63) is 28.5 Å². The molecule has 1 aliphatic rings. The van der Waals surface area contributed by atoms with Crippen molar-refractivity contribution in [1.82, 2.24) is 0 Å². The summed E-state index contributed by atoms with van der Waals surface area (Å²) >= 11 is 5.65. The minimum absolute atomic E-state index is 0.0663. The first kappa shape index (κ1) is 17.0. The van der Waals surface area contributed by atoms with Crippen LogP contribution in [0.2, 0.25) is 5.02 Å². The fourth-order valence-corrected chi connectivity index (χ4v) is 3.66. The number of nitrogens with zero attached hydrogens (tertiary/aromatic N) is 1. The lowest BCUT2D eigenvalue weighted by molar-refractivity contribution is 0.0123. The SMILES string of the molecule is CC1(C)CC(S(=O)(=O)Cc2c(OCF)ccc(Cl)c2F)=NO1. The molecule has 0 aromatic heterocycles. The number of ether oxygens (including phenoxy) is 1. The van der Waals surface area contributed by atoms with Crippen molar-refractivity contribution in [1.29, 1.82) is 0 Å². The van der Waals surface area contributed by atoms with Crippen LogP contribution in [0, 0.1) is 5.82 Å². The van der Waals surface area contributed by atoms with Crippen molar-refractivity contribution in [3.8, 4) is 5.75 Å². The van der Waals surface area contributed by atoms with Crippen molar-refractivity contribution >= 4 is 26.5 Å². The van der Waals surface area contributed by atoms with Gasteiger partial charge in [-0.05, 0) is 26.0 Å². The summed E-state index contributed by atoms with van der Waals surface area (Å²) in [5, 5.41) is 3.07. The molecule has 22 heavy (non-hydrogen) atoms. The maximum atomic E-state index is 14.1. The van der Waals surface area contributed by atoms with E-state index in [0.29, 0.717) is 0 Å². The van der Waals surface area contributed by atoms with Crippen molar-refractivity contribution in [3.63, 3.8) is 0 Å². The first-order chi connectivity index (χ1) is 10.2. The van der Waals surface area contributed by atoms with E-state index < -0.39 is 33.9 Å². The molecular weight excluding hydrogens is 340 g/mol. The third kappa shape index (κ3) is 3.49. The Hall–Kier alpha value is -1.41. The van der Waals surface area contributed by atoms with E-state index in [1.165, 1.54) is 6.07 Å². The Morgan fingerprint density at radius 1 is 1.45 bits per heavy atom. The largest absolute Gasteiger partial charge is 0.462 e. The third-order valence-electron chi connectivity index (χ3n) is 3.03. The molecule has 5 nitrogen and oxygen atoms in total. The number of alkyl halides is 1. The molecule has 0 saturated carbocycles. The van der Waals surface area contributed by atoms with Crippen LogP contribution in [0.25, 0.3) is 0 Å². The van der Waals surface area contributed by atoms with Crippen molar-refractivity contribution in [2.24, 2.45) is 5.16 Å². The monoisotopic (exact) mass is 353 g/mol. The van der Waals surface area contributed by atoms with Crippen LogP contribution in [0.4, 0.5) is 8.78 Å². The van der Waals surface area contributed by atoms with Gasteiger partial charge in [-0.2, -0.15) is 0 Å². The second kappa shape index (κ2) is 6.00. The van der Waals surface area contributed by atoms with E-state index in [9.17, 15) is 17.2 Å². The van der Waals surface area contributed by atoms with E-state index >= 15 is 0 Å². The number of benzene rings is 1. The van der Waals surface area contributed by atoms with Crippen LogP contribution >= 0.6 is 11.6 Å². The van der Waals surface area contributed by atoms with E-state index in [0.717, 1.165) is 6.07 Å². The molecule has 0 saturated heterocycles. The highest BCUT2D eigenvalue weighted by Gasteiger charge is 2.37. The first-order valence-corrected chi connectivity index (χ1v) is 8.33. The summed E-state index contributed by atoms with van der Waals surface area (Å²) in [6.07, 6.45) is 0.0663. The average molecular weight is 354 g/mol. The number of hydrogen-bond acceptors (Lipinski definition) is 5. The predicted molar refractivity (Wildman–Crippen MR) is 77.9 cm³/mol. The molecule has 0 N–H and O–H groups in total. The van der Waals surface area contributed by atoms with Gasteiger partial charge in [-0.3, -0.25) is 0 Å². The average Bonchev–Trinajstić information content (AvgIpc) is 2.79. The summed E-state index contributed by atoms with van der Waals surface area (Å²) < 4.78 is 55.7. The molecule has 0 spiro atoms. The van der Waals surface area contributed by atoms with Crippen molar-refractivity contribution in [2.75, 3.05) is 6.86 Å². The highest BCUT2D eigenvalue weighted by molar-refractivity contribution is 8.05. The standard InChI is InChI=1S/C13H14ClF2NO4S/c1-13(2)5-11(17-21-13)22(18,19)6-8-10(20-7-15)4-3-9(14)12(8)16/h3-4H,5-7H2,1-2H3. The van der Waals surface area contributed by atoms with E-state index in [-0.39, 0.29) is 27.8 Å². The van der Waals surface area contributed by atoms with Gasteiger partial charge < -0.3 is 9.57 Å². The number of hydrogen-bond donors (Lipinski definition) is 0. The quantitative estimate of drug-likeness (QED) is 0.833. The van der Waals surface area contributed by atoms with Gasteiger partial charge in [-0.15, -0.1) is 0 Å².